The van der Waals surface area contributed by atoms with Crippen LogP contribution in [-0.4, -0.2) is 9.55 Å². The minimum absolute atomic E-state index is 0.497. The van der Waals surface area contributed by atoms with Crippen LogP contribution in [-0.2, 0) is 6.54 Å². The van der Waals surface area contributed by atoms with Gasteiger partial charge in [0.1, 0.15) is 0 Å². The molecule has 63 valence electrons. The summed E-state index contributed by atoms with van der Waals surface area (Å²) >= 11 is 0. The molecule has 0 aliphatic heterocycles. The molecule has 1 aromatic carbocycles. The van der Waals surface area contributed by atoms with Crippen molar-refractivity contribution >= 4 is 11.0 Å². The molecular weight excluding hydrogens is 162 g/mol. The minimum Gasteiger partial charge on any atom is -0.320 e. The van der Waals surface area contributed by atoms with Gasteiger partial charge in [-0.1, -0.05) is 12.1 Å². The molecule has 0 N–H and O–H groups in total. The number of imidazole rings is 1. The maximum Gasteiger partial charge on any atom is 0.177 e. The lowest BCUT2D eigenvalue weighted by Gasteiger charge is -1.97. The van der Waals surface area contributed by atoms with E-state index in [1.165, 1.54) is 0 Å². The highest BCUT2D eigenvalue weighted by Crippen LogP contribution is 2.11. The largest absolute Gasteiger partial charge is 0.320 e. The predicted molar refractivity (Wildman–Crippen MR) is 48.8 cm³/mol. The van der Waals surface area contributed by atoms with Crippen molar-refractivity contribution < 1.29 is 0 Å². The van der Waals surface area contributed by atoms with Gasteiger partial charge in [-0.2, -0.15) is 5.26 Å². The lowest BCUT2D eigenvalue weighted by molar-refractivity contribution is 0.730. The molecule has 0 spiro atoms. The highest BCUT2D eigenvalue weighted by atomic mass is 15.0. The Bertz CT molecular complexity index is 450. The Balaban J connectivity index is 2.41. The summed E-state index contributed by atoms with van der Waals surface area (Å²) in [5, 5.41) is 8.44. The molecule has 13 heavy (non-hydrogen) atoms. The van der Waals surface area contributed by atoms with Gasteiger partial charge in [-0.15, -0.1) is 0 Å². The van der Waals surface area contributed by atoms with Gasteiger partial charge in [0, 0.05) is 6.54 Å². The van der Waals surface area contributed by atoms with Crippen molar-refractivity contribution in [2.75, 3.05) is 0 Å². The van der Waals surface area contributed by atoms with Crippen molar-refractivity contribution in [1.82, 2.24) is 9.55 Å². The van der Waals surface area contributed by atoms with Gasteiger partial charge in [-0.3, -0.25) is 0 Å². The fourth-order valence-electron chi connectivity index (χ4n) is 1.29. The van der Waals surface area contributed by atoms with E-state index in [0.717, 1.165) is 11.0 Å². The van der Waals surface area contributed by atoms with E-state index >= 15 is 0 Å². The number of rotatable bonds is 2. The monoisotopic (exact) mass is 170 g/mol. The fourth-order valence-corrected chi connectivity index (χ4v) is 1.29. The van der Waals surface area contributed by atoms with Crippen LogP contribution in [0.1, 0.15) is 6.42 Å². The molecule has 0 aliphatic carbocycles. The second-order valence-electron chi connectivity index (χ2n) is 2.76. The lowest BCUT2D eigenvalue weighted by Crippen LogP contribution is -1.94. The number of hydrogen-bond donors (Lipinski definition) is 0. The van der Waals surface area contributed by atoms with Gasteiger partial charge in [0.05, 0.1) is 23.5 Å². The van der Waals surface area contributed by atoms with Gasteiger partial charge < -0.3 is 4.57 Å². The van der Waals surface area contributed by atoms with Gasteiger partial charge in [0.25, 0.3) is 0 Å². The van der Waals surface area contributed by atoms with Crippen molar-refractivity contribution in [1.29, 1.82) is 5.26 Å². The van der Waals surface area contributed by atoms with E-state index in [2.05, 4.69) is 17.4 Å². The van der Waals surface area contributed by atoms with E-state index in [1.807, 2.05) is 28.8 Å². The van der Waals surface area contributed by atoms with E-state index in [0.29, 0.717) is 13.0 Å². The summed E-state index contributed by atoms with van der Waals surface area (Å²) in [6.07, 6.45) is 3.36. The van der Waals surface area contributed by atoms with Gasteiger partial charge in [0.15, 0.2) is 6.33 Å². The van der Waals surface area contributed by atoms with E-state index in [9.17, 15) is 0 Å². The van der Waals surface area contributed by atoms with Crippen molar-refractivity contribution in [2.45, 2.75) is 13.0 Å². The normalized spacial score (nSPS) is 10.1. The second kappa shape index (κ2) is 3.28. The van der Waals surface area contributed by atoms with Crippen LogP contribution in [0, 0.1) is 17.7 Å². The molecule has 0 atom stereocenters. The molecule has 2 aromatic rings. The summed E-state index contributed by atoms with van der Waals surface area (Å²) in [5.41, 5.74) is 1.97. The molecule has 0 saturated heterocycles. The molecule has 3 heteroatoms. The Kier molecular flexibility index (Phi) is 1.97. The fraction of sp³-hybridized carbons (Fsp3) is 0.200. The van der Waals surface area contributed by atoms with Gasteiger partial charge in [-0.25, -0.2) is 4.98 Å². The zero-order chi connectivity index (χ0) is 9.10. The third kappa shape index (κ3) is 1.38. The zero-order valence-corrected chi connectivity index (χ0v) is 7.07. The molecule has 1 radical (unpaired) electrons. The number of aromatic nitrogens is 2. The Hall–Kier alpha value is -1.82. The first-order chi connectivity index (χ1) is 6.42. The summed E-state index contributed by atoms with van der Waals surface area (Å²) < 4.78 is 1.87. The molecule has 0 amide bonds. The average Bonchev–Trinajstić information content (AvgIpc) is 2.58. The van der Waals surface area contributed by atoms with Crippen molar-refractivity contribution in [3.8, 4) is 6.07 Å². The lowest BCUT2D eigenvalue weighted by atomic mass is 10.3. The number of fused-ring (bicyclic) bond motifs is 1. The molecule has 1 heterocycles. The molecule has 0 bridgehead atoms. The number of aryl methyl sites for hydroxylation is 1. The van der Waals surface area contributed by atoms with Crippen LogP contribution in [0.15, 0.2) is 24.3 Å². The molecule has 0 unspecified atom stereocenters. The third-order valence-corrected chi connectivity index (χ3v) is 1.91. The van der Waals surface area contributed by atoms with Crippen LogP contribution < -0.4 is 0 Å². The molecule has 2 rings (SSSR count). The number of nitriles is 1. The topological polar surface area (TPSA) is 41.6 Å². The van der Waals surface area contributed by atoms with E-state index in [1.54, 1.807) is 0 Å². The van der Waals surface area contributed by atoms with Crippen molar-refractivity contribution in [2.24, 2.45) is 0 Å². The standard InChI is InChI=1S/C10H8N3/c11-6-3-7-13-8-12-9-4-1-2-5-10(9)13/h1-2,4-5H,3,7H2. The number of hydrogen-bond acceptors (Lipinski definition) is 2. The SMILES string of the molecule is N#CCCn1[c]nc2ccccc21. The van der Waals surface area contributed by atoms with Crippen LogP contribution in [0.4, 0.5) is 0 Å². The Morgan fingerprint density at radius 1 is 1.46 bits per heavy atom. The van der Waals surface area contributed by atoms with E-state index in [4.69, 9.17) is 5.26 Å². The van der Waals surface area contributed by atoms with Gasteiger partial charge in [-0.05, 0) is 12.1 Å². The molecule has 1 aromatic heterocycles. The Morgan fingerprint density at radius 3 is 3.15 bits per heavy atom. The minimum atomic E-state index is 0.497. The maximum absolute atomic E-state index is 8.44. The Labute approximate surface area is 76.2 Å². The van der Waals surface area contributed by atoms with Crippen LogP contribution >= 0.6 is 0 Å². The van der Waals surface area contributed by atoms with Gasteiger partial charge >= 0.3 is 0 Å². The first-order valence-corrected chi connectivity index (χ1v) is 4.12. The Morgan fingerprint density at radius 2 is 2.31 bits per heavy atom. The molecular formula is C10H8N3. The highest BCUT2D eigenvalue weighted by molar-refractivity contribution is 5.74. The van der Waals surface area contributed by atoms with E-state index in [-0.39, 0.29) is 0 Å². The maximum atomic E-state index is 8.44. The van der Waals surface area contributed by atoms with Crippen LogP contribution in [0.2, 0.25) is 0 Å². The molecule has 3 nitrogen and oxygen atoms in total. The van der Waals surface area contributed by atoms with Crippen molar-refractivity contribution in [3.05, 3.63) is 30.6 Å². The number of nitrogens with zero attached hydrogens (tertiary/aromatic N) is 3. The quantitative estimate of drug-likeness (QED) is 0.689. The number of benzene rings is 1. The van der Waals surface area contributed by atoms with Crippen LogP contribution in [0.3, 0.4) is 0 Å². The molecule has 0 fully saturated rings. The first-order valence-electron chi connectivity index (χ1n) is 4.12. The summed E-state index contributed by atoms with van der Waals surface area (Å²) in [5.74, 6) is 0. The molecule has 0 aliphatic rings. The summed E-state index contributed by atoms with van der Waals surface area (Å²) in [6.45, 7) is 0.664. The second-order valence-corrected chi connectivity index (χ2v) is 2.76. The molecule has 0 saturated carbocycles. The smallest absolute Gasteiger partial charge is 0.177 e. The zero-order valence-electron chi connectivity index (χ0n) is 7.07. The average molecular weight is 170 g/mol. The van der Waals surface area contributed by atoms with Crippen LogP contribution in [0.25, 0.3) is 11.0 Å². The summed E-state index contributed by atoms with van der Waals surface area (Å²) in [7, 11) is 0. The third-order valence-electron chi connectivity index (χ3n) is 1.91. The van der Waals surface area contributed by atoms with Crippen LogP contribution in [0.5, 0.6) is 0 Å². The van der Waals surface area contributed by atoms with Gasteiger partial charge in [0.2, 0.25) is 0 Å². The highest BCUT2D eigenvalue weighted by Gasteiger charge is 2.00. The first kappa shape index (κ1) is 7.81. The predicted octanol–water partition coefficient (Wildman–Crippen LogP) is 1.75. The van der Waals surface area contributed by atoms with Crippen molar-refractivity contribution in [3.63, 3.8) is 0 Å². The van der Waals surface area contributed by atoms with E-state index < -0.39 is 0 Å². The number of para-hydroxylation sites is 2. The summed E-state index contributed by atoms with van der Waals surface area (Å²) in [6, 6.07) is 9.92. The summed E-state index contributed by atoms with van der Waals surface area (Å²) in [4.78, 5) is 4.10.